The Bertz CT molecular complexity index is 632. The number of thioether (sulfide) groups is 1. The first-order valence-corrected chi connectivity index (χ1v) is 7.04. The van der Waals surface area contributed by atoms with Crippen LogP contribution in [0.25, 0.3) is 11.4 Å². The predicted octanol–water partition coefficient (Wildman–Crippen LogP) is 1.97. The molecule has 2 aromatic rings. The average molecular weight is 309 g/mol. The Kier molecular flexibility index (Phi) is 4.69. The summed E-state index contributed by atoms with van der Waals surface area (Å²) in [6.07, 6.45) is 0. The Morgan fingerprint density at radius 3 is 2.43 bits per heavy atom. The third-order valence-electron chi connectivity index (χ3n) is 2.82. The fraction of sp³-hybridized carbons (Fsp3) is 0.308. The molecule has 21 heavy (non-hydrogen) atoms. The summed E-state index contributed by atoms with van der Waals surface area (Å²) in [5.74, 6) is 0.909. The maximum absolute atomic E-state index is 10.5. The normalized spacial score (nSPS) is 10.4. The summed E-state index contributed by atoms with van der Waals surface area (Å²) in [5, 5.41) is 17.0. The fourth-order valence-corrected chi connectivity index (χ4v) is 2.32. The molecule has 1 aromatic carbocycles. The lowest BCUT2D eigenvalue weighted by molar-refractivity contribution is -0.133. The highest BCUT2D eigenvalue weighted by molar-refractivity contribution is 7.99. The molecule has 1 heterocycles. The molecule has 7 nitrogen and oxygen atoms in total. The third-order valence-corrected chi connectivity index (χ3v) is 3.67. The van der Waals surface area contributed by atoms with E-state index in [9.17, 15) is 4.79 Å². The summed E-state index contributed by atoms with van der Waals surface area (Å²) in [6, 6.07) is 3.65. The minimum atomic E-state index is -0.906. The minimum Gasteiger partial charge on any atom is -0.496 e. The second-order valence-corrected chi connectivity index (χ2v) is 5.13. The number of rotatable bonds is 6. The molecule has 0 aliphatic carbocycles. The van der Waals surface area contributed by atoms with Crippen molar-refractivity contribution >= 4 is 17.7 Å². The smallest absolute Gasteiger partial charge is 0.313 e. The van der Waals surface area contributed by atoms with Gasteiger partial charge in [-0.2, -0.15) is 0 Å². The molecule has 0 fully saturated rings. The monoisotopic (exact) mass is 309 g/mol. The lowest BCUT2D eigenvalue weighted by Crippen LogP contribution is -1.97. The number of aliphatic carboxylic acids is 1. The molecule has 8 heteroatoms. The van der Waals surface area contributed by atoms with Crippen LogP contribution in [0.15, 0.2) is 17.3 Å². The van der Waals surface area contributed by atoms with Crippen molar-refractivity contribution in [2.75, 3.05) is 20.0 Å². The van der Waals surface area contributed by atoms with E-state index in [1.54, 1.807) is 14.2 Å². The first-order valence-electron chi connectivity index (χ1n) is 6.05. The first-order chi connectivity index (χ1) is 10.0. The van der Waals surface area contributed by atoms with Gasteiger partial charge in [0.15, 0.2) is 11.0 Å². The summed E-state index contributed by atoms with van der Waals surface area (Å²) < 4.78 is 10.6. The number of aromatic amines is 1. The van der Waals surface area contributed by atoms with Crippen molar-refractivity contribution < 1.29 is 19.4 Å². The fourth-order valence-electron chi connectivity index (χ4n) is 1.79. The number of nitrogens with one attached hydrogen (secondary N) is 1. The van der Waals surface area contributed by atoms with Crippen LogP contribution in [-0.4, -0.2) is 46.2 Å². The summed E-state index contributed by atoms with van der Waals surface area (Å²) in [4.78, 5) is 13.5. The standard InChI is InChI=1S/C13H15N3O4S/c1-7-9(19-2)4-8(5-10(7)20-3)12-14-13(16-15-12)21-6-11(17)18/h4-5H,6H2,1-3H3,(H,17,18)(H,14,15,16). The van der Waals surface area contributed by atoms with Gasteiger partial charge >= 0.3 is 5.97 Å². The summed E-state index contributed by atoms with van der Waals surface area (Å²) in [5.41, 5.74) is 1.65. The van der Waals surface area contributed by atoms with E-state index in [0.29, 0.717) is 22.5 Å². The number of carbonyl (C=O) groups is 1. The number of H-pyrrole nitrogens is 1. The SMILES string of the molecule is COc1cc(-c2nnc(SCC(=O)O)[nH]2)cc(OC)c1C. The maximum Gasteiger partial charge on any atom is 0.313 e. The topological polar surface area (TPSA) is 97.3 Å². The van der Waals surface area contributed by atoms with Gasteiger partial charge < -0.3 is 19.6 Å². The molecule has 0 bridgehead atoms. The molecule has 0 aliphatic rings. The molecule has 0 amide bonds. The quantitative estimate of drug-likeness (QED) is 0.787. The summed E-state index contributed by atoms with van der Waals surface area (Å²) in [7, 11) is 3.17. The van der Waals surface area contributed by atoms with Gasteiger partial charge in [-0.1, -0.05) is 11.8 Å². The number of hydrogen-bond donors (Lipinski definition) is 2. The van der Waals surface area contributed by atoms with Gasteiger partial charge in [0.1, 0.15) is 11.5 Å². The van der Waals surface area contributed by atoms with E-state index < -0.39 is 5.97 Å². The highest BCUT2D eigenvalue weighted by Gasteiger charge is 2.13. The van der Waals surface area contributed by atoms with Crippen molar-refractivity contribution in [2.24, 2.45) is 0 Å². The Hall–Kier alpha value is -2.22. The molecular weight excluding hydrogens is 294 g/mol. The van der Waals surface area contributed by atoms with Crippen LogP contribution in [0, 0.1) is 6.92 Å². The third kappa shape index (κ3) is 3.46. The van der Waals surface area contributed by atoms with Crippen molar-refractivity contribution in [3.63, 3.8) is 0 Å². The highest BCUT2D eigenvalue weighted by Crippen LogP contribution is 2.33. The van der Waals surface area contributed by atoms with Crippen LogP contribution in [0.3, 0.4) is 0 Å². The second-order valence-electron chi connectivity index (χ2n) is 4.17. The highest BCUT2D eigenvalue weighted by atomic mass is 32.2. The largest absolute Gasteiger partial charge is 0.496 e. The molecule has 0 aliphatic heterocycles. The Morgan fingerprint density at radius 1 is 1.29 bits per heavy atom. The van der Waals surface area contributed by atoms with Gasteiger partial charge in [-0.25, -0.2) is 0 Å². The van der Waals surface area contributed by atoms with E-state index in [1.165, 1.54) is 0 Å². The van der Waals surface area contributed by atoms with Crippen molar-refractivity contribution in [3.05, 3.63) is 17.7 Å². The summed E-state index contributed by atoms with van der Waals surface area (Å²) >= 11 is 1.08. The molecular formula is C13H15N3O4S. The Labute approximate surface area is 125 Å². The predicted molar refractivity (Wildman–Crippen MR) is 78.0 cm³/mol. The Morgan fingerprint density at radius 2 is 1.90 bits per heavy atom. The number of carboxylic acid groups (broad SMARTS) is 1. The number of nitrogens with zero attached hydrogens (tertiary/aromatic N) is 2. The summed E-state index contributed by atoms with van der Waals surface area (Å²) in [6.45, 7) is 1.90. The number of aromatic nitrogens is 3. The van der Waals surface area contributed by atoms with E-state index in [0.717, 1.165) is 22.9 Å². The van der Waals surface area contributed by atoms with Crippen LogP contribution in [0.5, 0.6) is 11.5 Å². The van der Waals surface area contributed by atoms with E-state index in [-0.39, 0.29) is 5.75 Å². The zero-order valence-corrected chi connectivity index (χ0v) is 12.7. The zero-order chi connectivity index (χ0) is 15.4. The van der Waals surface area contributed by atoms with Crippen molar-refractivity contribution in [2.45, 2.75) is 12.1 Å². The molecule has 1 aromatic heterocycles. The average Bonchev–Trinajstić information content (AvgIpc) is 2.94. The van der Waals surface area contributed by atoms with Gasteiger partial charge in [-0.3, -0.25) is 4.79 Å². The molecule has 0 saturated carbocycles. The molecule has 0 spiro atoms. The van der Waals surface area contributed by atoms with Crippen molar-refractivity contribution in [1.82, 2.24) is 15.2 Å². The van der Waals surface area contributed by atoms with Crippen LogP contribution in [-0.2, 0) is 4.79 Å². The van der Waals surface area contributed by atoms with E-state index >= 15 is 0 Å². The van der Waals surface area contributed by atoms with Crippen LogP contribution >= 0.6 is 11.8 Å². The number of methoxy groups -OCH3 is 2. The maximum atomic E-state index is 10.5. The number of hydrogen-bond acceptors (Lipinski definition) is 6. The van der Waals surface area contributed by atoms with Crippen molar-refractivity contribution in [1.29, 1.82) is 0 Å². The number of carboxylic acids is 1. The molecule has 0 saturated heterocycles. The van der Waals surface area contributed by atoms with Crippen molar-refractivity contribution in [3.8, 4) is 22.9 Å². The van der Waals surface area contributed by atoms with Crippen LogP contribution in [0.1, 0.15) is 5.56 Å². The van der Waals surface area contributed by atoms with Crippen LogP contribution in [0.2, 0.25) is 0 Å². The van der Waals surface area contributed by atoms with Gasteiger partial charge in [-0.05, 0) is 19.1 Å². The van der Waals surface area contributed by atoms with Gasteiger partial charge in [-0.15, -0.1) is 10.2 Å². The lowest BCUT2D eigenvalue weighted by atomic mass is 10.1. The molecule has 0 unspecified atom stereocenters. The molecule has 2 N–H and O–H groups in total. The van der Waals surface area contributed by atoms with Gasteiger partial charge in [0.25, 0.3) is 0 Å². The minimum absolute atomic E-state index is 0.0742. The first kappa shape index (κ1) is 15.2. The van der Waals surface area contributed by atoms with E-state index in [4.69, 9.17) is 14.6 Å². The van der Waals surface area contributed by atoms with Crippen LogP contribution in [0.4, 0.5) is 0 Å². The lowest BCUT2D eigenvalue weighted by Gasteiger charge is -2.11. The molecule has 0 atom stereocenters. The van der Waals surface area contributed by atoms with Gasteiger partial charge in [0, 0.05) is 11.1 Å². The van der Waals surface area contributed by atoms with Gasteiger partial charge in [0.2, 0.25) is 0 Å². The number of ether oxygens (including phenoxy) is 2. The van der Waals surface area contributed by atoms with E-state index in [2.05, 4.69) is 15.2 Å². The Balaban J connectivity index is 2.31. The molecule has 2 rings (SSSR count). The van der Waals surface area contributed by atoms with E-state index in [1.807, 2.05) is 19.1 Å². The second kappa shape index (κ2) is 6.49. The molecule has 0 radical (unpaired) electrons. The molecule has 112 valence electrons. The van der Waals surface area contributed by atoms with Crippen LogP contribution < -0.4 is 9.47 Å². The zero-order valence-electron chi connectivity index (χ0n) is 11.8. The number of benzene rings is 1. The van der Waals surface area contributed by atoms with Gasteiger partial charge in [0.05, 0.1) is 20.0 Å².